The predicted octanol–water partition coefficient (Wildman–Crippen LogP) is 16.8. The van der Waals surface area contributed by atoms with E-state index in [0.29, 0.717) is 23.9 Å². The van der Waals surface area contributed by atoms with Crippen LogP contribution in [0.3, 0.4) is 0 Å². The van der Waals surface area contributed by atoms with Crippen molar-refractivity contribution in [2.45, 2.75) is 251 Å². The summed E-state index contributed by atoms with van der Waals surface area (Å²) in [7, 11) is 1.14. The highest BCUT2D eigenvalue weighted by molar-refractivity contribution is 7.45. The van der Waals surface area contributed by atoms with Crippen molar-refractivity contribution < 1.29 is 37.3 Å². The van der Waals surface area contributed by atoms with Crippen molar-refractivity contribution in [2.75, 3.05) is 40.9 Å². The molecule has 10 heteroatoms. The van der Waals surface area contributed by atoms with E-state index in [-0.39, 0.29) is 18.9 Å². The fourth-order valence-electron chi connectivity index (χ4n) is 7.90. The minimum absolute atomic E-state index is 0.0355. The van der Waals surface area contributed by atoms with Crippen LogP contribution in [0.15, 0.2) is 85.1 Å². The highest BCUT2D eigenvalue weighted by Gasteiger charge is 2.27. The predicted molar refractivity (Wildman–Crippen MR) is 302 cm³/mol. The van der Waals surface area contributed by atoms with Gasteiger partial charge in [-0.2, -0.15) is 0 Å². The molecule has 0 saturated heterocycles. The summed E-state index contributed by atoms with van der Waals surface area (Å²) in [6, 6.07) is -0.919. The van der Waals surface area contributed by atoms with Crippen LogP contribution < -0.4 is 10.2 Å². The average molecular weight is 1010 g/mol. The number of esters is 1. The van der Waals surface area contributed by atoms with Crippen LogP contribution in [0.2, 0.25) is 0 Å². The molecule has 0 aliphatic carbocycles. The maximum atomic E-state index is 13.5. The molecule has 3 unspecified atom stereocenters. The van der Waals surface area contributed by atoms with Gasteiger partial charge in [0.2, 0.25) is 5.91 Å². The fourth-order valence-corrected chi connectivity index (χ4v) is 8.62. The van der Waals surface area contributed by atoms with Crippen molar-refractivity contribution >= 4 is 19.7 Å². The Morgan fingerprint density at radius 1 is 0.507 bits per heavy atom. The number of likely N-dealkylation sites (N-methyl/N-ethyl adjacent to an activating group) is 1. The van der Waals surface area contributed by atoms with Gasteiger partial charge in [0.05, 0.1) is 33.8 Å². The van der Waals surface area contributed by atoms with E-state index in [1.807, 2.05) is 39.4 Å². The molecule has 1 N–H and O–H groups in total. The first-order valence-corrected chi connectivity index (χ1v) is 30.4. The zero-order valence-electron chi connectivity index (χ0n) is 46.7. The van der Waals surface area contributed by atoms with Crippen molar-refractivity contribution in [3.63, 3.8) is 0 Å². The van der Waals surface area contributed by atoms with Gasteiger partial charge in [0, 0.05) is 12.8 Å². The first-order chi connectivity index (χ1) is 34.4. The molecule has 0 bridgehead atoms. The van der Waals surface area contributed by atoms with Crippen LogP contribution in [0.1, 0.15) is 239 Å². The summed E-state index contributed by atoms with van der Waals surface area (Å²) in [5.41, 5.74) is 0. The summed E-state index contributed by atoms with van der Waals surface area (Å²) in [6.07, 6.45) is 65.6. The zero-order valence-corrected chi connectivity index (χ0v) is 47.5. The number of hydrogen-bond acceptors (Lipinski definition) is 7. The number of rotatable bonds is 51. The number of hydrogen-bond donors (Lipinski definition) is 1. The van der Waals surface area contributed by atoms with Crippen molar-refractivity contribution in [2.24, 2.45) is 0 Å². The first-order valence-electron chi connectivity index (χ1n) is 28.9. The quantitative estimate of drug-likeness (QED) is 0.0212. The highest BCUT2D eigenvalue weighted by Crippen LogP contribution is 2.38. The minimum atomic E-state index is -4.71. The van der Waals surface area contributed by atoms with Crippen LogP contribution in [0, 0.1) is 0 Å². The molecule has 0 spiro atoms. The second-order valence-corrected chi connectivity index (χ2v) is 21.8. The maximum absolute atomic E-state index is 13.5. The van der Waals surface area contributed by atoms with Crippen molar-refractivity contribution in [1.29, 1.82) is 0 Å². The van der Waals surface area contributed by atoms with Gasteiger partial charge in [-0.1, -0.05) is 241 Å². The lowest BCUT2D eigenvalue weighted by Crippen LogP contribution is -2.47. The highest BCUT2D eigenvalue weighted by atomic mass is 31.2. The number of phosphoric ester groups is 1. The molecule has 0 aliphatic heterocycles. The number of quaternary nitrogens is 1. The van der Waals surface area contributed by atoms with E-state index in [9.17, 15) is 19.0 Å². The van der Waals surface area contributed by atoms with Gasteiger partial charge in [-0.15, -0.1) is 0 Å². The molecule has 0 aromatic carbocycles. The third kappa shape index (κ3) is 51.9. The Kier molecular flexibility index (Phi) is 48.7. The molecule has 410 valence electrons. The van der Waals surface area contributed by atoms with Gasteiger partial charge in [0.15, 0.2) is 0 Å². The summed E-state index contributed by atoms with van der Waals surface area (Å²) in [6.45, 7) is 6.67. The number of nitrogens with one attached hydrogen (secondary N) is 1. The molecule has 0 heterocycles. The number of allylic oxidation sites excluding steroid dienone is 13. The van der Waals surface area contributed by atoms with E-state index in [2.05, 4.69) is 86.8 Å². The summed E-state index contributed by atoms with van der Waals surface area (Å²) < 4.78 is 30.2. The Bertz CT molecular complexity index is 1490. The summed E-state index contributed by atoms with van der Waals surface area (Å²) in [4.78, 5) is 39.8. The SMILES string of the molecule is CC/C=C\C/C=C\C/C=C\C/C=C\C/C=C\C/C=C\CCC(=O)OC(/C=C/CCCCCCCCCCCCC)C(COP(=O)([O-])OCC[N+](C)(C)C)NC(=O)CCCCCCCCCCCCCCC. The molecule has 9 nitrogen and oxygen atoms in total. The van der Waals surface area contributed by atoms with E-state index in [0.717, 1.165) is 77.0 Å². The van der Waals surface area contributed by atoms with E-state index >= 15 is 0 Å². The van der Waals surface area contributed by atoms with Gasteiger partial charge >= 0.3 is 5.97 Å². The maximum Gasteiger partial charge on any atom is 0.306 e. The molecule has 0 fully saturated rings. The topological polar surface area (TPSA) is 114 Å². The van der Waals surface area contributed by atoms with E-state index in [1.54, 1.807) is 6.08 Å². The Labute approximate surface area is 437 Å². The summed E-state index contributed by atoms with van der Waals surface area (Å²) >= 11 is 0. The van der Waals surface area contributed by atoms with E-state index in [4.69, 9.17) is 13.8 Å². The largest absolute Gasteiger partial charge is 0.756 e. The smallest absolute Gasteiger partial charge is 0.306 e. The number of phosphoric acid groups is 1. The Hall–Kier alpha value is -2.81. The van der Waals surface area contributed by atoms with Crippen LogP contribution in [0.25, 0.3) is 0 Å². The zero-order chi connectivity index (χ0) is 52.2. The average Bonchev–Trinajstić information content (AvgIpc) is 3.33. The molecule has 0 aliphatic rings. The third-order valence-corrected chi connectivity index (χ3v) is 13.3. The molecule has 3 atom stereocenters. The van der Waals surface area contributed by atoms with Gasteiger partial charge in [0.25, 0.3) is 7.82 Å². The molecule has 0 aromatic heterocycles. The minimum Gasteiger partial charge on any atom is -0.756 e. The molecular formula is C61H109N2O7P. The number of carbonyl (C=O) groups is 2. The Morgan fingerprint density at radius 2 is 0.915 bits per heavy atom. The van der Waals surface area contributed by atoms with Crippen molar-refractivity contribution in [1.82, 2.24) is 5.32 Å². The van der Waals surface area contributed by atoms with Gasteiger partial charge in [-0.25, -0.2) is 0 Å². The fraction of sp³-hybridized carbons (Fsp3) is 0.738. The second kappa shape index (κ2) is 50.7. The third-order valence-electron chi connectivity index (χ3n) is 12.4. The second-order valence-electron chi connectivity index (χ2n) is 20.4. The summed E-state index contributed by atoms with van der Waals surface area (Å²) in [5, 5.41) is 3.00. The molecule has 0 rings (SSSR count). The van der Waals surface area contributed by atoms with Gasteiger partial charge in [-0.3, -0.25) is 14.2 Å². The molecule has 1 amide bonds. The number of carbonyl (C=O) groups excluding carboxylic acids is 2. The van der Waals surface area contributed by atoms with Gasteiger partial charge < -0.3 is 28.5 Å². The summed E-state index contributed by atoms with van der Waals surface area (Å²) in [5.74, 6) is -0.639. The Balaban J connectivity index is 5.48. The lowest BCUT2D eigenvalue weighted by molar-refractivity contribution is -0.870. The molecule has 0 saturated carbocycles. The molecule has 0 radical (unpaired) electrons. The molecule has 71 heavy (non-hydrogen) atoms. The van der Waals surface area contributed by atoms with Gasteiger partial charge in [0.1, 0.15) is 19.3 Å². The van der Waals surface area contributed by atoms with E-state index < -0.39 is 32.5 Å². The normalized spacial score (nSPS) is 14.4. The number of unbranched alkanes of at least 4 members (excludes halogenated alkanes) is 23. The van der Waals surface area contributed by atoms with E-state index in [1.165, 1.54) is 122 Å². The lowest BCUT2D eigenvalue weighted by atomic mass is 10.0. The molecular weight excluding hydrogens is 904 g/mol. The molecule has 0 aromatic rings. The van der Waals surface area contributed by atoms with Crippen LogP contribution >= 0.6 is 7.82 Å². The van der Waals surface area contributed by atoms with Gasteiger partial charge in [-0.05, 0) is 70.3 Å². The lowest BCUT2D eigenvalue weighted by Gasteiger charge is -2.30. The standard InChI is InChI=1S/C61H109N2O7P/c1-7-10-13-16-19-22-25-28-29-30-31-32-33-36-39-42-45-48-51-54-61(65)70-59(52-49-46-43-40-37-34-26-23-20-17-14-11-8-2)58(57-69-71(66,67)68-56-55-63(4,5)6)62-60(64)53-50-47-44-41-38-35-27-24-21-18-15-12-9-3/h10,13,19,22,28-29,31-32,36,39,45,48-49,52,58-59H,7-9,11-12,14-18,20-21,23-27,30,33-35,37-38,40-44,46-47,50-51,53-57H2,1-6H3,(H-,62,64,66,67)/b13-10-,22-19-,29-28-,32-31-,39-36-,48-45-,52-49+. The van der Waals surface area contributed by atoms with Crippen molar-refractivity contribution in [3.05, 3.63) is 85.1 Å². The number of ether oxygens (including phenoxy) is 1. The van der Waals surface area contributed by atoms with Crippen LogP contribution in [0.5, 0.6) is 0 Å². The number of nitrogens with zero attached hydrogens (tertiary/aromatic N) is 1. The van der Waals surface area contributed by atoms with Crippen LogP contribution in [-0.4, -0.2) is 69.4 Å². The first kappa shape index (κ1) is 68.2. The van der Waals surface area contributed by atoms with Crippen LogP contribution in [-0.2, 0) is 27.9 Å². The Morgan fingerprint density at radius 3 is 1.35 bits per heavy atom. The number of amides is 1. The monoisotopic (exact) mass is 1010 g/mol. The van der Waals surface area contributed by atoms with Crippen LogP contribution in [0.4, 0.5) is 0 Å². The van der Waals surface area contributed by atoms with Crippen molar-refractivity contribution in [3.8, 4) is 0 Å².